The Kier molecular flexibility index (Phi) is 4.56. The van der Waals surface area contributed by atoms with E-state index in [2.05, 4.69) is 24.7 Å². The monoisotopic (exact) mass is 411 g/mol. The van der Waals surface area contributed by atoms with E-state index in [4.69, 9.17) is 4.74 Å². The Morgan fingerprint density at radius 3 is 2.34 bits per heavy atom. The number of fused-ring (bicyclic) bond motifs is 1. The summed E-state index contributed by atoms with van der Waals surface area (Å²) in [6.45, 7) is 0. The lowest BCUT2D eigenvalue weighted by atomic mass is 10.2. The summed E-state index contributed by atoms with van der Waals surface area (Å²) < 4.78 is 33.3. The van der Waals surface area contributed by atoms with Crippen LogP contribution in [0.2, 0.25) is 0 Å². The zero-order chi connectivity index (χ0) is 20.4. The number of hydrogen-bond donors (Lipinski definition) is 3. The van der Waals surface area contributed by atoms with Gasteiger partial charge in [-0.05, 0) is 42.5 Å². The van der Waals surface area contributed by atoms with Gasteiger partial charge in [0.2, 0.25) is 0 Å². The van der Waals surface area contributed by atoms with Crippen molar-refractivity contribution < 1.29 is 13.2 Å². The molecule has 0 aliphatic carbocycles. The molecule has 0 saturated carbocycles. The van der Waals surface area contributed by atoms with Gasteiger partial charge in [-0.25, -0.2) is 23.2 Å². The molecule has 29 heavy (non-hydrogen) atoms. The summed E-state index contributed by atoms with van der Waals surface area (Å²) >= 11 is 0. The third-order valence-corrected chi connectivity index (χ3v) is 5.28. The van der Waals surface area contributed by atoms with Crippen LogP contribution in [0.15, 0.2) is 75.7 Å². The number of H-pyrrole nitrogens is 2. The average molecular weight is 411 g/mol. The van der Waals surface area contributed by atoms with Gasteiger partial charge in [0.05, 0.1) is 28.2 Å². The van der Waals surface area contributed by atoms with E-state index in [1.165, 1.54) is 49.1 Å². The molecule has 0 atom stereocenters. The highest BCUT2D eigenvalue weighted by Gasteiger charge is 2.16. The molecular formula is C18H13N5O5S. The second-order valence-electron chi connectivity index (χ2n) is 5.92. The van der Waals surface area contributed by atoms with Crippen LogP contribution >= 0.6 is 0 Å². The van der Waals surface area contributed by atoms with Gasteiger partial charge in [-0.1, -0.05) is 0 Å². The van der Waals surface area contributed by atoms with Crippen LogP contribution < -0.4 is 20.7 Å². The van der Waals surface area contributed by atoms with Gasteiger partial charge in [-0.3, -0.25) is 14.5 Å². The average Bonchev–Trinajstić information content (AvgIpc) is 2.70. The first-order valence-electron chi connectivity index (χ1n) is 8.23. The van der Waals surface area contributed by atoms with Crippen molar-refractivity contribution in [2.24, 2.45) is 0 Å². The highest BCUT2D eigenvalue weighted by Crippen LogP contribution is 2.23. The second kappa shape index (κ2) is 7.20. The standard InChI is InChI=1S/C18H13N5O5S/c24-17-15-7-14(5-6-16(15)21-18(25)22-17)29(26,27)23-11-1-3-12(4-2-11)28-13-8-19-10-20-9-13/h1-10,23H,(H2,21,22,24,25). The minimum absolute atomic E-state index is 0.0568. The largest absolute Gasteiger partial charge is 0.454 e. The Morgan fingerprint density at radius 2 is 1.62 bits per heavy atom. The third kappa shape index (κ3) is 3.99. The third-order valence-electron chi connectivity index (χ3n) is 3.90. The minimum Gasteiger partial charge on any atom is -0.454 e. The lowest BCUT2D eigenvalue weighted by molar-refractivity contribution is 0.477. The van der Waals surface area contributed by atoms with E-state index >= 15 is 0 Å². The molecule has 0 saturated heterocycles. The van der Waals surface area contributed by atoms with E-state index < -0.39 is 21.3 Å². The van der Waals surface area contributed by atoms with Crippen LogP contribution in [0, 0.1) is 0 Å². The molecule has 2 heterocycles. The van der Waals surface area contributed by atoms with Crippen LogP contribution in [0.4, 0.5) is 5.69 Å². The van der Waals surface area contributed by atoms with Gasteiger partial charge in [0.1, 0.15) is 12.1 Å². The molecule has 10 nitrogen and oxygen atoms in total. The van der Waals surface area contributed by atoms with Gasteiger partial charge >= 0.3 is 5.69 Å². The first-order chi connectivity index (χ1) is 13.9. The predicted molar refractivity (Wildman–Crippen MR) is 105 cm³/mol. The maximum absolute atomic E-state index is 12.7. The minimum atomic E-state index is -3.96. The Balaban J connectivity index is 1.58. The van der Waals surface area contributed by atoms with Crippen LogP contribution in [0.5, 0.6) is 11.5 Å². The number of nitrogens with one attached hydrogen (secondary N) is 3. The molecule has 0 unspecified atom stereocenters. The van der Waals surface area contributed by atoms with Crippen molar-refractivity contribution >= 4 is 26.6 Å². The quantitative estimate of drug-likeness (QED) is 0.452. The van der Waals surface area contributed by atoms with Crippen LogP contribution in [0.25, 0.3) is 10.9 Å². The van der Waals surface area contributed by atoms with Gasteiger partial charge in [-0.15, -0.1) is 0 Å². The Bertz CT molecular complexity index is 1400. The molecule has 3 N–H and O–H groups in total. The van der Waals surface area contributed by atoms with E-state index in [-0.39, 0.29) is 15.8 Å². The van der Waals surface area contributed by atoms with Crippen LogP contribution in [-0.2, 0) is 10.0 Å². The molecule has 4 rings (SSSR count). The number of anilines is 1. The summed E-state index contributed by atoms with van der Waals surface area (Å²) in [5.74, 6) is 0.921. The molecule has 0 fully saturated rings. The highest BCUT2D eigenvalue weighted by molar-refractivity contribution is 7.92. The SMILES string of the molecule is O=c1[nH]c(=O)c2cc(S(=O)(=O)Nc3ccc(Oc4cncnc4)cc3)ccc2[nH]1. The van der Waals surface area contributed by atoms with Gasteiger partial charge in [0.15, 0.2) is 5.75 Å². The van der Waals surface area contributed by atoms with Crippen molar-refractivity contribution in [2.45, 2.75) is 4.90 Å². The molecule has 146 valence electrons. The molecule has 0 bridgehead atoms. The van der Waals surface area contributed by atoms with Crippen molar-refractivity contribution in [3.63, 3.8) is 0 Å². The maximum atomic E-state index is 12.7. The molecule has 4 aromatic rings. The fourth-order valence-corrected chi connectivity index (χ4v) is 3.68. The van der Waals surface area contributed by atoms with E-state index in [1.54, 1.807) is 12.1 Å². The molecule has 0 aliphatic rings. The van der Waals surface area contributed by atoms with Gasteiger partial charge in [0.25, 0.3) is 15.6 Å². The van der Waals surface area contributed by atoms with Crippen molar-refractivity contribution in [3.05, 3.63) is 82.0 Å². The number of rotatable bonds is 5. The zero-order valence-corrected chi connectivity index (χ0v) is 15.4. The summed E-state index contributed by atoms with van der Waals surface area (Å²) in [6.07, 6.45) is 4.37. The smallest absolute Gasteiger partial charge is 0.326 e. The number of ether oxygens (including phenoxy) is 1. The molecule has 11 heteroatoms. The van der Waals surface area contributed by atoms with Gasteiger partial charge in [0, 0.05) is 5.69 Å². The fourth-order valence-electron chi connectivity index (χ4n) is 2.59. The highest BCUT2D eigenvalue weighted by atomic mass is 32.2. The normalized spacial score (nSPS) is 11.3. The Morgan fingerprint density at radius 1 is 0.897 bits per heavy atom. The van der Waals surface area contributed by atoms with Crippen LogP contribution in [0.1, 0.15) is 0 Å². The van der Waals surface area contributed by atoms with Gasteiger partial charge in [-0.2, -0.15) is 0 Å². The summed E-state index contributed by atoms with van der Waals surface area (Å²) in [5.41, 5.74) is -0.797. The lowest BCUT2D eigenvalue weighted by Gasteiger charge is -2.10. The topological polar surface area (TPSA) is 147 Å². The number of benzene rings is 2. The number of nitrogens with zero attached hydrogens (tertiary/aromatic N) is 2. The number of aromatic amines is 2. The Labute approximate surface area is 163 Å². The van der Waals surface area contributed by atoms with E-state index in [1.807, 2.05) is 0 Å². The summed E-state index contributed by atoms with van der Waals surface area (Å²) in [7, 11) is -3.96. The molecule has 2 aromatic carbocycles. The molecule has 0 spiro atoms. The first kappa shape index (κ1) is 18.4. The molecule has 0 radical (unpaired) electrons. The lowest BCUT2D eigenvalue weighted by Crippen LogP contribution is -2.22. The van der Waals surface area contributed by atoms with Crippen LogP contribution in [0.3, 0.4) is 0 Å². The molecule has 0 aliphatic heterocycles. The Hall–Kier alpha value is -3.99. The summed E-state index contributed by atoms with van der Waals surface area (Å²) in [6, 6.07) is 10.1. The zero-order valence-electron chi connectivity index (χ0n) is 14.6. The van der Waals surface area contributed by atoms with E-state index in [0.717, 1.165) is 0 Å². The van der Waals surface area contributed by atoms with E-state index in [0.29, 0.717) is 17.2 Å². The van der Waals surface area contributed by atoms with Crippen molar-refractivity contribution in [2.75, 3.05) is 4.72 Å². The fraction of sp³-hybridized carbons (Fsp3) is 0. The number of sulfonamides is 1. The van der Waals surface area contributed by atoms with Crippen molar-refractivity contribution in [1.82, 2.24) is 19.9 Å². The molecular weight excluding hydrogens is 398 g/mol. The first-order valence-corrected chi connectivity index (χ1v) is 9.71. The summed E-state index contributed by atoms with van der Waals surface area (Å²) in [4.78, 5) is 35.3. The maximum Gasteiger partial charge on any atom is 0.326 e. The molecule has 0 amide bonds. The summed E-state index contributed by atoms with van der Waals surface area (Å²) in [5, 5.41) is 0.0568. The predicted octanol–water partition coefficient (Wildman–Crippen LogP) is 1.60. The number of hydrogen-bond acceptors (Lipinski definition) is 7. The van der Waals surface area contributed by atoms with Gasteiger partial charge < -0.3 is 9.72 Å². The number of aromatic nitrogens is 4. The molecule has 2 aromatic heterocycles. The van der Waals surface area contributed by atoms with Crippen LogP contribution in [-0.4, -0.2) is 28.4 Å². The second-order valence-corrected chi connectivity index (χ2v) is 7.60. The van der Waals surface area contributed by atoms with Crippen molar-refractivity contribution in [3.8, 4) is 11.5 Å². The van der Waals surface area contributed by atoms with E-state index in [9.17, 15) is 18.0 Å². The van der Waals surface area contributed by atoms with Crippen molar-refractivity contribution in [1.29, 1.82) is 0 Å².